The van der Waals surface area contributed by atoms with Gasteiger partial charge in [0, 0.05) is 5.02 Å². The van der Waals surface area contributed by atoms with Crippen molar-refractivity contribution in [1.82, 2.24) is 0 Å². The van der Waals surface area contributed by atoms with Gasteiger partial charge in [0.2, 0.25) is 5.91 Å². The summed E-state index contributed by atoms with van der Waals surface area (Å²) in [5.41, 5.74) is 0.835. The fraction of sp³-hybridized carbons (Fsp3) is 0.278. The number of hydrogen-bond acceptors (Lipinski definition) is 4. The predicted octanol–water partition coefficient (Wildman–Crippen LogP) is 3.81. The van der Waals surface area contributed by atoms with E-state index in [4.69, 9.17) is 16.3 Å². The van der Waals surface area contributed by atoms with Crippen LogP contribution in [0.1, 0.15) is 19.4 Å². The van der Waals surface area contributed by atoms with Crippen molar-refractivity contribution in [1.29, 1.82) is 0 Å². The van der Waals surface area contributed by atoms with Crippen LogP contribution in [0.25, 0.3) is 0 Å². The molecule has 2 N–H and O–H groups in total. The topological polar surface area (TPSA) is 84.5 Å². The van der Waals surface area contributed by atoms with Crippen molar-refractivity contribution < 1.29 is 17.9 Å². The number of ether oxygens (including phenoxy) is 1. The highest BCUT2D eigenvalue weighted by molar-refractivity contribution is 7.92. The first-order valence-electron chi connectivity index (χ1n) is 7.96. The van der Waals surface area contributed by atoms with E-state index in [2.05, 4.69) is 10.0 Å². The molecular formula is C18H19ClN2O4S. The molecule has 2 aromatic rings. The molecule has 138 valence electrons. The maximum Gasteiger partial charge on any atom is 0.261 e. The smallest absolute Gasteiger partial charge is 0.261 e. The van der Waals surface area contributed by atoms with Crippen LogP contribution in [0.5, 0.6) is 5.75 Å². The van der Waals surface area contributed by atoms with Gasteiger partial charge in [-0.2, -0.15) is 0 Å². The summed E-state index contributed by atoms with van der Waals surface area (Å²) in [7, 11) is -3.81. The lowest BCUT2D eigenvalue weighted by molar-refractivity contribution is -0.124. The zero-order valence-electron chi connectivity index (χ0n) is 14.6. The highest BCUT2D eigenvalue weighted by atomic mass is 35.5. The second-order valence-corrected chi connectivity index (χ2v) is 8.94. The minimum atomic E-state index is -3.81. The van der Waals surface area contributed by atoms with Crippen LogP contribution in [0.15, 0.2) is 41.3 Å². The lowest BCUT2D eigenvalue weighted by Gasteiger charge is -2.18. The standard InChI is InChI=1S/C18H19ClN2O4S/c1-11-4-6-13(9-14(11)19)26(23,24)21-12-5-7-16-15(8-12)20-17(22)18(2,3)10-25-16/h4-9,21H,10H2,1-3H3,(H,20,22). The number of carbonyl (C=O) groups is 1. The van der Waals surface area contributed by atoms with Gasteiger partial charge in [0.1, 0.15) is 12.4 Å². The third-order valence-electron chi connectivity index (χ3n) is 4.14. The van der Waals surface area contributed by atoms with E-state index in [0.29, 0.717) is 22.1 Å². The van der Waals surface area contributed by atoms with Gasteiger partial charge in [-0.1, -0.05) is 17.7 Å². The highest BCUT2D eigenvalue weighted by Crippen LogP contribution is 2.34. The van der Waals surface area contributed by atoms with Crippen molar-refractivity contribution in [3.05, 3.63) is 47.0 Å². The minimum Gasteiger partial charge on any atom is -0.490 e. The summed E-state index contributed by atoms with van der Waals surface area (Å²) < 4.78 is 33.3. The van der Waals surface area contributed by atoms with Crippen LogP contribution in [0.4, 0.5) is 11.4 Å². The summed E-state index contributed by atoms with van der Waals surface area (Å²) in [5, 5.41) is 3.15. The average molecular weight is 395 g/mol. The maximum absolute atomic E-state index is 12.6. The van der Waals surface area contributed by atoms with Gasteiger partial charge in [-0.25, -0.2) is 8.42 Å². The van der Waals surface area contributed by atoms with Gasteiger partial charge in [0.25, 0.3) is 10.0 Å². The second kappa shape index (κ2) is 6.48. The third kappa shape index (κ3) is 3.64. The first-order chi connectivity index (χ1) is 12.1. The number of halogens is 1. The van der Waals surface area contributed by atoms with Crippen molar-refractivity contribution in [3.63, 3.8) is 0 Å². The summed E-state index contributed by atoms with van der Waals surface area (Å²) in [6, 6.07) is 9.26. The quantitative estimate of drug-likeness (QED) is 0.829. The van der Waals surface area contributed by atoms with Crippen LogP contribution in [0, 0.1) is 12.3 Å². The Balaban J connectivity index is 1.90. The van der Waals surface area contributed by atoms with Crippen LogP contribution in [0.3, 0.4) is 0 Å². The van der Waals surface area contributed by atoms with Crippen LogP contribution in [0.2, 0.25) is 5.02 Å². The Morgan fingerprint density at radius 3 is 2.62 bits per heavy atom. The van der Waals surface area contributed by atoms with Crippen LogP contribution in [-0.4, -0.2) is 20.9 Å². The molecule has 0 saturated heterocycles. The molecule has 1 aliphatic rings. The molecule has 8 heteroatoms. The van der Waals surface area contributed by atoms with Gasteiger partial charge in [-0.15, -0.1) is 0 Å². The maximum atomic E-state index is 12.6. The van der Waals surface area contributed by atoms with E-state index in [9.17, 15) is 13.2 Å². The van der Waals surface area contributed by atoms with Crippen molar-refractivity contribution in [2.75, 3.05) is 16.6 Å². The first kappa shape index (κ1) is 18.5. The number of anilines is 2. The number of nitrogens with one attached hydrogen (secondary N) is 2. The molecule has 0 fully saturated rings. The van der Waals surface area contributed by atoms with Gasteiger partial charge in [-0.3, -0.25) is 9.52 Å². The number of sulfonamides is 1. The van der Waals surface area contributed by atoms with Gasteiger partial charge in [0.05, 0.1) is 21.7 Å². The summed E-state index contributed by atoms with van der Waals surface area (Å²) in [5.74, 6) is 0.298. The molecule has 1 heterocycles. The van der Waals surface area contributed by atoms with Crippen molar-refractivity contribution in [2.24, 2.45) is 5.41 Å². The van der Waals surface area contributed by atoms with Crippen LogP contribution >= 0.6 is 11.6 Å². The third-order valence-corrected chi connectivity index (χ3v) is 5.92. The van der Waals surface area contributed by atoms with Crippen molar-refractivity contribution in [2.45, 2.75) is 25.7 Å². The molecule has 0 radical (unpaired) electrons. The number of fused-ring (bicyclic) bond motifs is 1. The number of aryl methyl sites for hydroxylation is 1. The molecule has 0 atom stereocenters. The van der Waals surface area contributed by atoms with Gasteiger partial charge < -0.3 is 10.1 Å². The molecular weight excluding hydrogens is 376 g/mol. The Labute approximate surface area is 157 Å². The van der Waals surface area contributed by atoms with E-state index < -0.39 is 15.4 Å². The summed E-state index contributed by atoms with van der Waals surface area (Å²) in [6.45, 7) is 5.58. The second-order valence-electron chi connectivity index (χ2n) is 6.85. The largest absolute Gasteiger partial charge is 0.490 e. The van der Waals surface area contributed by atoms with E-state index >= 15 is 0 Å². The van der Waals surface area contributed by atoms with E-state index in [-0.39, 0.29) is 17.4 Å². The monoisotopic (exact) mass is 394 g/mol. The van der Waals surface area contributed by atoms with Crippen LogP contribution in [-0.2, 0) is 14.8 Å². The molecule has 0 aromatic heterocycles. The summed E-state index contributed by atoms with van der Waals surface area (Å²) in [6.07, 6.45) is 0. The normalized spacial score (nSPS) is 16.1. The molecule has 0 unspecified atom stereocenters. The first-order valence-corrected chi connectivity index (χ1v) is 9.82. The number of rotatable bonds is 3. The number of benzene rings is 2. The SMILES string of the molecule is Cc1ccc(S(=O)(=O)Nc2ccc3c(c2)NC(=O)C(C)(C)CO3)cc1Cl. The number of carbonyl (C=O) groups excluding carboxylic acids is 1. The molecule has 2 aromatic carbocycles. The molecule has 26 heavy (non-hydrogen) atoms. The number of hydrogen-bond donors (Lipinski definition) is 2. The van der Waals surface area contributed by atoms with E-state index in [1.165, 1.54) is 18.2 Å². The molecule has 0 saturated carbocycles. The lowest BCUT2D eigenvalue weighted by Crippen LogP contribution is -2.33. The van der Waals surface area contributed by atoms with E-state index in [1.807, 2.05) is 0 Å². The zero-order valence-corrected chi connectivity index (χ0v) is 16.2. The molecule has 0 aliphatic carbocycles. The van der Waals surface area contributed by atoms with E-state index in [0.717, 1.165) is 5.56 Å². The van der Waals surface area contributed by atoms with Crippen molar-refractivity contribution >= 4 is 38.9 Å². The Bertz CT molecular complexity index is 987. The minimum absolute atomic E-state index is 0.0597. The fourth-order valence-electron chi connectivity index (χ4n) is 2.39. The predicted molar refractivity (Wildman–Crippen MR) is 101 cm³/mol. The highest BCUT2D eigenvalue weighted by Gasteiger charge is 2.32. The Morgan fingerprint density at radius 2 is 1.92 bits per heavy atom. The average Bonchev–Trinajstić information content (AvgIpc) is 2.66. The fourth-order valence-corrected chi connectivity index (χ4v) is 3.71. The van der Waals surface area contributed by atoms with Crippen LogP contribution < -0.4 is 14.8 Å². The van der Waals surface area contributed by atoms with Gasteiger partial charge >= 0.3 is 0 Å². The molecule has 3 rings (SSSR count). The summed E-state index contributed by atoms with van der Waals surface area (Å²) >= 11 is 6.02. The summed E-state index contributed by atoms with van der Waals surface area (Å²) in [4.78, 5) is 12.3. The van der Waals surface area contributed by atoms with Gasteiger partial charge in [0.15, 0.2) is 0 Å². The van der Waals surface area contributed by atoms with E-state index in [1.54, 1.807) is 39.0 Å². The Morgan fingerprint density at radius 1 is 1.19 bits per heavy atom. The lowest BCUT2D eigenvalue weighted by atomic mass is 9.94. The molecule has 0 spiro atoms. The molecule has 1 aliphatic heterocycles. The Hall–Kier alpha value is -2.25. The van der Waals surface area contributed by atoms with Crippen molar-refractivity contribution in [3.8, 4) is 5.75 Å². The zero-order chi connectivity index (χ0) is 19.1. The Kier molecular flexibility index (Phi) is 4.62. The molecule has 6 nitrogen and oxygen atoms in total. The molecule has 0 bridgehead atoms. The number of amides is 1. The van der Waals surface area contributed by atoms with Gasteiger partial charge in [-0.05, 0) is 56.7 Å². The molecule has 1 amide bonds.